The zero-order valence-corrected chi connectivity index (χ0v) is 17.4. The fourth-order valence-corrected chi connectivity index (χ4v) is 3.33. The number of amides is 2. The second-order valence-electron chi connectivity index (χ2n) is 7.51. The van der Waals surface area contributed by atoms with Gasteiger partial charge in [-0.1, -0.05) is 42.5 Å². The molecule has 0 aliphatic heterocycles. The Kier molecular flexibility index (Phi) is 5.75. The van der Waals surface area contributed by atoms with Crippen molar-refractivity contribution in [1.82, 2.24) is 24.8 Å². The van der Waals surface area contributed by atoms with Crippen LogP contribution in [0.15, 0.2) is 73.2 Å². The van der Waals surface area contributed by atoms with Crippen LogP contribution in [0.4, 0.5) is 0 Å². The number of rotatable bonds is 6. The number of nitrogens with zero attached hydrogens (tertiary/aromatic N) is 4. The summed E-state index contributed by atoms with van der Waals surface area (Å²) in [6, 6.07) is 19.0. The Morgan fingerprint density at radius 1 is 0.935 bits per heavy atom. The molecule has 2 aromatic carbocycles. The number of imidazole rings is 1. The highest BCUT2D eigenvalue weighted by Gasteiger charge is 2.12. The first-order valence-corrected chi connectivity index (χ1v) is 9.95. The minimum absolute atomic E-state index is 0.0751. The van der Waals surface area contributed by atoms with Gasteiger partial charge in [0.2, 0.25) is 0 Å². The number of benzene rings is 2. The predicted octanol–water partition coefficient (Wildman–Crippen LogP) is 3.11. The van der Waals surface area contributed by atoms with Gasteiger partial charge in [-0.2, -0.15) is 0 Å². The molecule has 7 nitrogen and oxygen atoms in total. The number of aromatic nitrogens is 3. The van der Waals surface area contributed by atoms with Crippen LogP contribution in [-0.4, -0.2) is 45.3 Å². The summed E-state index contributed by atoms with van der Waals surface area (Å²) in [5.74, 6) is -0.315. The molecule has 0 atom stereocenters. The van der Waals surface area contributed by atoms with E-state index in [0.29, 0.717) is 29.7 Å². The van der Waals surface area contributed by atoms with E-state index in [1.54, 1.807) is 44.8 Å². The van der Waals surface area contributed by atoms with Crippen LogP contribution in [0, 0.1) is 0 Å². The van der Waals surface area contributed by atoms with E-state index in [-0.39, 0.29) is 11.8 Å². The molecule has 2 amide bonds. The fourth-order valence-electron chi connectivity index (χ4n) is 3.33. The molecule has 0 saturated carbocycles. The Labute approximate surface area is 180 Å². The van der Waals surface area contributed by atoms with E-state index in [1.165, 1.54) is 4.90 Å². The minimum atomic E-state index is -0.239. The van der Waals surface area contributed by atoms with Gasteiger partial charge in [-0.25, -0.2) is 9.97 Å². The largest absolute Gasteiger partial charge is 0.348 e. The number of nitrogens with one attached hydrogen (secondary N) is 1. The molecule has 0 fully saturated rings. The van der Waals surface area contributed by atoms with Crippen LogP contribution >= 0.6 is 0 Å². The molecule has 2 aromatic heterocycles. The van der Waals surface area contributed by atoms with E-state index in [9.17, 15) is 9.59 Å². The van der Waals surface area contributed by atoms with Crippen molar-refractivity contribution in [3.63, 3.8) is 0 Å². The first-order valence-electron chi connectivity index (χ1n) is 9.95. The average Bonchev–Trinajstić information content (AvgIpc) is 3.19. The summed E-state index contributed by atoms with van der Waals surface area (Å²) >= 11 is 0. The molecule has 31 heavy (non-hydrogen) atoms. The lowest BCUT2D eigenvalue weighted by Gasteiger charge is -2.11. The first kappa shape index (κ1) is 20.3. The van der Waals surface area contributed by atoms with Gasteiger partial charge in [0.25, 0.3) is 11.8 Å². The first-order chi connectivity index (χ1) is 15.0. The van der Waals surface area contributed by atoms with Crippen molar-refractivity contribution in [1.29, 1.82) is 0 Å². The lowest BCUT2D eigenvalue weighted by molar-refractivity contribution is 0.0827. The monoisotopic (exact) mass is 413 g/mol. The Hall–Kier alpha value is -4.00. The van der Waals surface area contributed by atoms with Crippen LogP contribution in [0.5, 0.6) is 0 Å². The molecule has 0 bridgehead atoms. The summed E-state index contributed by atoms with van der Waals surface area (Å²) in [7, 11) is 3.42. The lowest BCUT2D eigenvalue weighted by Crippen LogP contribution is -2.24. The van der Waals surface area contributed by atoms with Crippen molar-refractivity contribution < 1.29 is 9.59 Å². The number of pyridine rings is 1. The molecule has 4 rings (SSSR count). The third-order valence-corrected chi connectivity index (χ3v) is 4.95. The van der Waals surface area contributed by atoms with Gasteiger partial charge >= 0.3 is 0 Å². The molecule has 0 spiro atoms. The summed E-state index contributed by atoms with van der Waals surface area (Å²) in [4.78, 5) is 35.1. The molecule has 0 aliphatic rings. The molecule has 0 radical (unpaired) electrons. The van der Waals surface area contributed by atoms with E-state index in [4.69, 9.17) is 0 Å². The number of carbonyl (C=O) groups is 2. The lowest BCUT2D eigenvalue weighted by atomic mass is 10.1. The minimum Gasteiger partial charge on any atom is -0.348 e. The molecule has 0 unspecified atom stereocenters. The molecule has 7 heteroatoms. The zero-order valence-electron chi connectivity index (χ0n) is 17.4. The highest BCUT2D eigenvalue weighted by Crippen LogP contribution is 2.14. The van der Waals surface area contributed by atoms with E-state index in [0.717, 1.165) is 16.8 Å². The van der Waals surface area contributed by atoms with Crippen LogP contribution in [-0.2, 0) is 13.1 Å². The van der Waals surface area contributed by atoms with Crippen molar-refractivity contribution in [2.24, 2.45) is 0 Å². The molecule has 1 N–H and O–H groups in total. The highest BCUT2D eigenvalue weighted by atomic mass is 16.2. The van der Waals surface area contributed by atoms with Gasteiger partial charge in [-0.05, 0) is 29.3 Å². The van der Waals surface area contributed by atoms with E-state index in [1.807, 2.05) is 34.9 Å². The van der Waals surface area contributed by atoms with E-state index in [2.05, 4.69) is 27.4 Å². The Morgan fingerprint density at radius 2 is 1.71 bits per heavy atom. The molecule has 0 aliphatic carbocycles. The smallest absolute Gasteiger partial charge is 0.253 e. The van der Waals surface area contributed by atoms with Gasteiger partial charge in [0.1, 0.15) is 5.52 Å². The fraction of sp³-hybridized carbons (Fsp3) is 0.167. The standard InChI is InChI=1S/C24H23N5O2/c1-28(2)24(31)19-10-6-9-18(11-19)13-26-23(30)20-12-21-22(25-14-20)29(16-27-21)15-17-7-4-3-5-8-17/h3-12,14,16H,13,15H2,1-2H3,(H,26,30). The third-order valence-electron chi connectivity index (χ3n) is 4.95. The van der Waals surface area contributed by atoms with Gasteiger partial charge in [0.05, 0.1) is 18.4 Å². The maximum absolute atomic E-state index is 12.6. The van der Waals surface area contributed by atoms with Gasteiger partial charge < -0.3 is 14.8 Å². The Balaban J connectivity index is 1.45. The van der Waals surface area contributed by atoms with E-state index < -0.39 is 0 Å². The molecular formula is C24H23N5O2. The highest BCUT2D eigenvalue weighted by molar-refractivity contribution is 5.96. The van der Waals surface area contributed by atoms with Crippen molar-refractivity contribution in [3.05, 3.63) is 95.4 Å². The second-order valence-corrected chi connectivity index (χ2v) is 7.51. The second kappa shape index (κ2) is 8.79. The number of fused-ring (bicyclic) bond motifs is 1. The number of carbonyl (C=O) groups excluding carboxylic acids is 2. The van der Waals surface area contributed by atoms with Crippen LogP contribution < -0.4 is 5.32 Å². The van der Waals surface area contributed by atoms with Crippen molar-refractivity contribution in [3.8, 4) is 0 Å². The summed E-state index contributed by atoms with van der Waals surface area (Å²) < 4.78 is 1.96. The predicted molar refractivity (Wildman–Crippen MR) is 119 cm³/mol. The normalized spacial score (nSPS) is 10.8. The summed E-state index contributed by atoms with van der Waals surface area (Å²) in [5.41, 5.74) is 4.43. The topological polar surface area (TPSA) is 80.1 Å². The van der Waals surface area contributed by atoms with Crippen molar-refractivity contribution >= 4 is 23.0 Å². The Bertz CT molecular complexity index is 1230. The maximum Gasteiger partial charge on any atom is 0.253 e. The molecule has 0 saturated heterocycles. The van der Waals surface area contributed by atoms with Crippen LogP contribution in [0.25, 0.3) is 11.2 Å². The molecule has 2 heterocycles. The SMILES string of the molecule is CN(C)C(=O)c1cccc(CNC(=O)c2cnc3c(c2)ncn3Cc2ccccc2)c1. The summed E-state index contributed by atoms with van der Waals surface area (Å²) in [6.07, 6.45) is 3.30. The van der Waals surface area contributed by atoms with Crippen molar-refractivity contribution in [2.75, 3.05) is 14.1 Å². The average molecular weight is 413 g/mol. The van der Waals surface area contributed by atoms with Crippen LogP contribution in [0.2, 0.25) is 0 Å². The quantitative estimate of drug-likeness (QED) is 0.527. The van der Waals surface area contributed by atoms with Gasteiger partial charge in [0, 0.05) is 32.4 Å². The molecule has 4 aromatic rings. The van der Waals surface area contributed by atoms with Crippen LogP contribution in [0.1, 0.15) is 31.8 Å². The van der Waals surface area contributed by atoms with Crippen molar-refractivity contribution in [2.45, 2.75) is 13.1 Å². The third kappa shape index (κ3) is 4.61. The zero-order chi connectivity index (χ0) is 21.8. The van der Waals surface area contributed by atoms with E-state index >= 15 is 0 Å². The van der Waals surface area contributed by atoms with Crippen LogP contribution in [0.3, 0.4) is 0 Å². The summed E-state index contributed by atoms with van der Waals surface area (Å²) in [6.45, 7) is 0.978. The molecular weight excluding hydrogens is 390 g/mol. The molecule has 156 valence electrons. The van der Waals surface area contributed by atoms with Gasteiger partial charge in [-0.15, -0.1) is 0 Å². The number of hydrogen-bond acceptors (Lipinski definition) is 4. The summed E-state index contributed by atoms with van der Waals surface area (Å²) in [5, 5.41) is 2.88. The Morgan fingerprint density at radius 3 is 2.48 bits per heavy atom. The number of hydrogen-bond donors (Lipinski definition) is 1. The van der Waals surface area contributed by atoms with Gasteiger partial charge in [0.15, 0.2) is 5.65 Å². The van der Waals surface area contributed by atoms with Gasteiger partial charge in [-0.3, -0.25) is 9.59 Å². The maximum atomic E-state index is 12.6.